The Balaban J connectivity index is 2.32. The minimum atomic E-state index is -0.358. The number of benzene rings is 1. The molecular weight excluding hydrogens is 203 g/mol. The molecule has 16 heavy (non-hydrogen) atoms. The molecule has 0 spiro atoms. The maximum absolute atomic E-state index is 13.3. The Labute approximate surface area is 94.6 Å². The summed E-state index contributed by atoms with van der Waals surface area (Å²) in [6.45, 7) is 4.39. The van der Waals surface area contributed by atoms with Crippen molar-refractivity contribution in [2.24, 2.45) is 0 Å². The van der Waals surface area contributed by atoms with Crippen molar-refractivity contribution in [3.8, 4) is 6.07 Å². The fourth-order valence-electron chi connectivity index (χ4n) is 1.80. The molecule has 0 bridgehead atoms. The van der Waals surface area contributed by atoms with E-state index in [1.165, 1.54) is 12.1 Å². The van der Waals surface area contributed by atoms with Gasteiger partial charge in [-0.05, 0) is 31.0 Å². The van der Waals surface area contributed by atoms with E-state index in [4.69, 9.17) is 5.26 Å². The highest BCUT2D eigenvalue weighted by molar-refractivity contribution is 5.54. The Morgan fingerprint density at radius 3 is 2.81 bits per heavy atom. The molecule has 1 saturated carbocycles. The zero-order valence-electron chi connectivity index (χ0n) is 8.99. The Kier molecular flexibility index (Phi) is 2.91. The lowest BCUT2D eigenvalue weighted by Crippen LogP contribution is -2.25. The standard InChI is InChI=1S/C13H13FN2/c1-2-5-16(12-3-4-12)13-7-10(9-15)6-11(14)8-13/h2,6-8,12H,1,3-5H2. The lowest BCUT2D eigenvalue weighted by molar-refractivity contribution is 0.626. The normalized spacial score (nSPS) is 14.2. The SMILES string of the molecule is C=CCN(c1cc(F)cc(C#N)c1)C1CC1. The van der Waals surface area contributed by atoms with Crippen molar-refractivity contribution in [2.75, 3.05) is 11.4 Å². The van der Waals surface area contributed by atoms with Gasteiger partial charge in [-0.2, -0.15) is 5.26 Å². The van der Waals surface area contributed by atoms with E-state index >= 15 is 0 Å². The summed E-state index contributed by atoms with van der Waals surface area (Å²) in [5.74, 6) is -0.358. The van der Waals surface area contributed by atoms with Crippen LogP contribution >= 0.6 is 0 Å². The molecule has 0 heterocycles. The summed E-state index contributed by atoms with van der Waals surface area (Å²) in [5, 5.41) is 8.80. The molecule has 0 aromatic heterocycles. The second-order valence-electron chi connectivity index (χ2n) is 3.98. The predicted molar refractivity (Wildman–Crippen MR) is 61.7 cm³/mol. The van der Waals surface area contributed by atoms with E-state index in [0.29, 0.717) is 18.2 Å². The molecule has 1 aliphatic carbocycles. The Morgan fingerprint density at radius 2 is 2.25 bits per heavy atom. The van der Waals surface area contributed by atoms with E-state index < -0.39 is 0 Å². The highest BCUT2D eigenvalue weighted by Gasteiger charge is 2.28. The lowest BCUT2D eigenvalue weighted by Gasteiger charge is -2.23. The van der Waals surface area contributed by atoms with E-state index in [1.54, 1.807) is 12.1 Å². The zero-order chi connectivity index (χ0) is 11.5. The summed E-state index contributed by atoms with van der Waals surface area (Å²) >= 11 is 0. The molecule has 82 valence electrons. The molecule has 1 aromatic rings. The molecule has 0 atom stereocenters. The molecule has 1 fully saturated rings. The summed E-state index contributed by atoms with van der Waals surface area (Å²) in [7, 11) is 0. The largest absolute Gasteiger partial charge is 0.365 e. The molecule has 3 heteroatoms. The first-order chi connectivity index (χ1) is 7.74. The van der Waals surface area contributed by atoms with Crippen LogP contribution in [0.1, 0.15) is 18.4 Å². The first-order valence-electron chi connectivity index (χ1n) is 5.33. The van der Waals surface area contributed by atoms with Crippen molar-refractivity contribution in [1.82, 2.24) is 0 Å². The average molecular weight is 216 g/mol. The number of anilines is 1. The van der Waals surface area contributed by atoms with Crippen molar-refractivity contribution in [3.05, 3.63) is 42.2 Å². The highest BCUT2D eigenvalue weighted by atomic mass is 19.1. The molecule has 0 aliphatic heterocycles. The lowest BCUT2D eigenvalue weighted by atomic mass is 10.2. The van der Waals surface area contributed by atoms with Gasteiger partial charge in [-0.1, -0.05) is 6.08 Å². The quantitative estimate of drug-likeness (QED) is 0.723. The van der Waals surface area contributed by atoms with Crippen LogP contribution in [0, 0.1) is 17.1 Å². The summed E-state index contributed by atoms with van der Waals surface area (Å²) < 4.78 is 13.3. The van der Waals surface area contributed by atoms with Gasteiger partial charge in [0.2, 0.25) is 0 Å². The van der Waals surface area contributed by atoms with E-state index in [-0.39, 0.29) is 5.82 Å². The highest BCUT2D eigenvalue weighted by Crippen LogP contribution is 2.32. The summed E-state index contributed by atoms with van der Waals surface area (Å²) in [6, 6.07) is 6.90. The molecule has 0 radical (unpaired) electrons. The van der Waals surface area contributed by atoms with Crippen molar-refractivity contribution >= 4 is 5.69 Å². The van der Waals surface area contributed by atoms with Crippen LogP contribution in [0.3, 0.4) is 0 Å². The number of rotatable bonds is 4. The average Bonchev–Trinajstić information content (AvgIpc) is 3.08. The maximum atomic E-state index is 13.3. The predicted octanol–water partition coefficient (Wildman–Crippen LogP) is 2.85. The number of halogens is 1. The molecular formula is C13H13FN2. The Morgan fingerprint density at radius 1 is 1.50 bits per heavy atom. The van der Waals surface area contributed by atoms with Gasteiger partial charge in [-0.25, -0.2) is 4.39 Å². The van der Waals surface area contributed by atoms with Crippen LogP contribution < -0.4 is 4.90 Å². The van der Waals surface area contributed by atoms with Crippen LogP contribution in [0.15, 0.2) is 30.9 Å². The molecule has 0 unspecified atom stereocenters. The third kappa shape index (κ3) is 2.22. The van der Waals surface area contributed by atoms with Crippen LogP contribution in [0.4, 0.5) is 10.1 Å². The first-order valence-corrected chi connectivity index (χ1v) is 5.33. The van der Waals surface area contributed by atoms with Crippen molar-refractivity contribution < 1.29 is 4.39 Å². The van der Waals surface area contributed by atoms with Gasteiger partial charge in [0.05, 0.1) is 11.6 Å². The van der Waals surface area contributed by atoms with Crippen LogP contribution in [-0.2, 0) is 0 Å². The topological polar surface area (TPSA) is 27.0 Å². The number of hydrogen-bond acceptors (Lipinski definition) is 2. The van der Waals surface area contributed by atoms with Crippen molar-refractivity contribution in [1.29, 1.82) is 5.26 Å². The Bertz CT molecular complexity index is 444. The van der Waals surface area contributed by atoms with Crippen molar-refractivity contribution in [2.45, 2.75) is 18.9 Å². The second-order valence-corrected chi connectivity index (χ2v) is 3.98. The molecule has 0 N–H and O–H groups in total. The summed E-state index contributed by atoms with van der Waals surface area (Å²) in [4.78, 5) is 2.09. The second kappa shape index (κ2) is 4.36. The van der Waals surface area contributed by atoms with E-state index in [0.717, 1.165) is 18.5 Å². The number of nitrogens with zero attached hydrogens (tertiary/aromatic N) is 2. The molecule has 1 aliphatic rings. The van der Waals surface area contributed by atoms with Crippen LogP contribution in [-0.4, -0.2) is 12.6 Å². The third-order valence-electron chi connectivity index (χ3n) is 2.66. The van der Waals surface area contributed by atoms with Gasteiger partial charge in [0, 0.05) is 18.3 Å². The van der Waals surface area contributed by atoms with Gasteiger partial charge in [0.1, 0.15) is 5.82 Å². The van der Waals surface area contributed by atoms with E-state index in [1.807, 2.05) is 6.07 Å². The van der Waals surface area contributed by atoms with Gasteiger partial charge in [0.25, 0.3) is 0 Å². The fourth-order valence-corrected chi connectivity index (χ4v) is 1.80. The summed E-state index contributed by atoms with van der Waals surface area (Å²) in [6.07, 6.45) is 4.06. The maximum Gasteiger partial charge on any atom is 0.126 e. The zero-order valence-corrected chi connectivity index (χ0v) is 8.99. The molecule has 0 saturated heterocycles. The Hall–Kier alpha value is -1.82. The van der Waals surface area contributed by atoms with Crippen LogP contribution in [0.5, 0.6) is 0 Å². The molecule has 1 aromatic carbocycles. The number of hydrogen-bond donors (Lipinski definition) is 0. The molecule has 0 amide bonds. The fraction of sp³-hybridized carbons (Fsp3) is 0.308. The minimum absolute atomic E-state index is 0.358. The smallest absolute Gasteiger partial charge is 0.126 e. The summed E-state index contributed by atoms with van der Waals surface area (Å²) in [5.41, 5.74) is 1.14. The van der Waals surface area contributed by atoms with Crippen molar-refractivity contribution in [3.63, 3.8) is 0 Å². The van der Waals surface area contributed by atoms with Gasteiger partial charge < -0.3 is 4.90 Å². The third-order valence-corrected chi connectivity index (χ3v) is 2.66. The van der Waals surface area contributed by atoms with Gasteiger partial charge in [-0.15, -0.1) is 6.58 Å². The number of nitriles is 1. The molecule has 2 nitrogen and oxygen atoms in total. The van der Waals surface area contributed by atoms with E-state index in [2.05, 4.69) is 11.5 Å². The first kappa shape index (κ1) is 10.7. The minimum Gasteiger partial charge on any atom is -0.365 e. The monoisotopic (exact) mass is 216 g/mol. The van der Waals surface area contributed by atoms with Gasteiger partial charge in [-0.3, -0.25) is 0 Å². The molecule has 2 rings (SSSR count). The van der Waals surface area contributed by atoms with Gasteiger partial charge in [0.15, 0.2) is 0 Å². The van der Waals surface area contributed by atoms with Crippen LogP contribution in [0.2, 0.25) is 0 Å². The van der Waals surface area contributed by atoms with Crippen LogP contribution in [0.25, 0.3) is 0 Å². The van der Waals surface area contributed by atoms with Gasteiger partial charge >= 0.3 is 0 Å². The van der Waals surface area contributed by atoms with E-state index in [9.17, 15) is 4.39 Å².